The van der Waals surface area contributed by atoms with Crippen molar-refractivity contribution >= 4 is 18.0 Å². The van der Waals surface area contributed by atoms with Gasteiger partial charge in [0.1, 0.15) is 6.73 Å². The van der Waals surface area contributed by atoms with Crippen molar-refractivity contribution in [3.05, 3.63) is 34.9 Å². The number of nitrogens with one attached hydrogen (secondary N) is 1. The molecule has 0 unspecified atom stereocenters. The molecule has 1 N–H and O–H groups in total. The van der Waals surface area contributed by atoms with E-state index in [1.165, 1.54) is 0 Å². The van der Waals surface area contributed by atoms with E-state index in [1.54, 1.807) is 6.07 Å². The highest BCUT2D eigenvalue weighted by Gasteiger charge is 1.97. The molecule has 1 amide bonds. The molecule has 0 aliphatic carbocycles. The highest BCUT2D eigenvalue weighted by molar-refractivity contribution is 6.31. The molecule has 1 aromatic rings. The van der Waals surface area contributed by atoms with Gasteiger partial charge < -0.3 is 10.1 Å². The van der Waals surface area contributed by atoms with E-state index in [0.717, 1.165) is 5.56 Å². The Morgan fingerprint density at radius 2 is 2.23 bits per heavy atom. The largest absolute Gasteiger partial charge is 0.357 e. The van der Waals surface area contributed by atoms with Gasteiger partial charge in [0.2, 0.25) is 6.41 Å². The molecule has 1 aromatic carbocycles. The molecule has 0 fully saturated rings. The second-order valence-electron chi connectivity index (χ2n) is 2.41. The van der Waals surface area contributed by atoms with Crippen LogP contribution in [0.1, 0.15) is 5.56 Å². The number of rotatable bonds is 5. The van der Waals surface area contributed by atoms with E-state index in [2.05, 4.69) is 5.32 Å². The summed E-state index contributed by atoms with van der Waals surface area (Å²) < 4.78 is 5.11. The second kappa shape index (κ2) is 5.56. The maximum atomic E-state index is 9.87. The van der Waals surface area contributed by atoms with Crippen LogP contribution in [0.2, 0.25) is 5.02 Å². The van der Waals surface area contributed by atoms with Gasteiger partial charge in [0.15, 0.2) is 0 Å². The van der Waals surface area contributed by atoms with Gasteiger partial charge in [-0.3, -0.25) is 4.79 Å². The van der Waals surface area contributed by atoms with Crippen molar-refractivity contribution in [1.29, 1.82) is 0 Å². The molecular formula is C9H10ClNO2. The van der Waals surface area contributed by atoms with Crippen LogP contribution in [0.3, 0.4) is 0 Å². The molecule has 3 nitrogen and oxygen atoms in total. The Hall–Kier alpha value is -1.06. The van der Waals surface area contributed by atoms with E-state index in [-0.39, 0.29) is 6.73 Å². The van der Waals surface area contributed by atoms with Crippen LogP contribution in [0, 0.1) is 0 Å². The first-order chi connectivity index (χ1) is 6.34. The molecule has 4 heteroatoms. The van der Waals surface area contributed by atoms with Crippen molar-refractivity contribution in [2.24, 2.45) is 0 Å². The Morgan fingerprint density at radius 3 is 2.92 bits per heavy atom. The van der Waals surface area contributed by atoms with Crippen LogP contribution in [0.5, 0.6) is 0 Å². The minimum Gasteiger partial charge on any atom is -0.357 e. The first-order valence-electron chi connectivity index (χ1n) is 3.83. The van der Waals surface area contributed by atoms with Gasteiger partial charge >= 0.3 is 0 Å². The molecule has 0 aliphatic rings. The van der Waals surface area contributed by atoms with Crippen molar-refractivity contribution in [3.63, 3.8) is 0 Å². The Labute approximate surface area is 81.7 Å². The van der Waals surface area contributed by atoms with E-state index >= 15 is 0 Å². The monoisotopic (exact) mass is 199 g/mol. The van der Waals surface area contributed by atoms with Crippen molar-refractivity contribution < 1.29 is 9.53 Å². The minimum absolute atomic E-state index is 0.203. The summed E-state index contributed by atoms with van der Waals surface area (Å²) in [6, 6.07) is 7.42. The molecule has 70 valence electrons. The number of hydrogen-bond acceptors (Lipinski definition) is 2. The minimum atomic E-state index is 0.203. The highest BCUT2D eigenvalue weighted by atomic mass is 35.5. The average molecular weight is 200 g/mol. The maximum absolute atomic E-state index is 9.87. The number of carbonyl (C=O) groups excluding carboxylic acids is 1. The Morgan fingerprint density at radius 1 is 1.46 bits per heavy atom. The van der Waals surface area contributed by atoms with E-state index in [1.807, 2.05) is 18.2 Å². The molecule has 0 radical (unpaired) electrons. The molecule has 0 heterocycles. The van der Waals surface area contributed by atoms with Gasteiger partial charge in [-0.1, -0.05) is 29.8 Å². The molecular weight excluding hydrogens is 190 g/mol. The van der Waals surface area contributed by atoms with Crippen LogP contribution in [-0.2, 0) is 16.1 Å². The summed E-state index contributed by atoms with van der Waals surface area (Å²) in [5, 5.41) is 3.07. The van der Waals surface area contributed by atoms with Gasteiger partial charge in [0.25, 0.3) is 0 Å². The van der Waals surface area contributed by atoms with Crippen LogP contribution in [-0.4, -0.2) is 13.1 Å². The van der Waals surface area contributed by atoms with E-state index < -0.39 is 0 Å². The first kappa shape index (κ1) is 10.0. The van der Waals surface area contributed by atoms with Crippen LogP contribution in [0.25, 0.3) is 0 Å². The fourth-order valence-electron chi connectivity index (χ4n) is 0.869. The summed E-state index contributed by atoms with van der Waals surface area (Å²) >= 11 is 5.87. The third-order valence-electron chi connectivity index (χ3n) is 1.48. The SMILES string of the molecule is O=CNCOCc1ccccc1Cl. The third kappa shape index (κ3) is 3.44. The summed E-state index contributed by atoms with van der Waals surface area (Å²) in [6.07, 6.45) is 0.590. The maximum Gasteiger partial charge on any atom is 0.208 e. The molecule has 0 atom stereocenters. The van der Waals surface area contributed by atoms with Crippen molar-refractivity contribution in [3.8, 4) is 0 Å². The molecule has 0 aliphatic heterocycles. The lowest BCUT2D eigenvalue weighted by atomic mass is 10.2. The summed E-state index contributed by atoms with van der Waals surface area (Å²) in [7, 11) is 0. The van der Waals surface area contributed by atoms with Crippen LogP contribution < -0.4 is 5.32 Å². The molecule has 1 rings (SSSR count). The number of hydrogen-bond donors (Lipinski definition) is 1. The summed E-state index contributed by atoms with van der Waals surface area (Å²) in [6.45, 7) is 0.606. The Kier molecular flexibility index (Phi) is 4.29. The van der Waals surface area contributed by atoms with Crippen LogP contribution in [0.4, 0.5) is 0 Å². The Bertz CT molecular complexity index is 278. The van der Waals surface area contributed by atoms with Crippen molar-refractivity contribution in [2.45, 2.75) is 6.61 Å². The average Bonchev–Trinajstić information content (AvgIpc) is 2.15. The molecule has 0 aromatic heterocycles. The highest BCUT2D eigenvalue weighted by Crippen LogP contribution is 2.15. The number of amides is 1. The standard InChI is InChI=1S/C9H10ClNO2/c10-9-4-2-1-3-8(9)5-13-7-11-6-12/h1-4,6H,5,7H2,(H,11,12). The molecule has 0 spiro atoms. The Balaban J connectivity index is 2.36. The lowest BCUT2D eigenvalue weighted by Gasteiger charge is -2.04. The quantitative estimate of drug-likeness (QED) is 0.444. The van der Waals surface area contributed by atoms with E-state index in [9.17, 15) is 4.79 Å². The zero-order valence-corrected chi connectivity index (χ0v) is 7.75. The summed E-state index contributed by atoms with van der Waals surface area (Å²) in [5.41, 5.74) is 0.914. The summed E-state index contributed by atoms with van der Waals surface area (Å²) in [5.74, 6) is 0. The van der Waals surface area contributed by atoms with Gasteiger partial charge in [0.05, 0.1) is 6.61 Å². The number of benzene rings is 1. The first-order valence-corrected chi connectivity index (χ1v) is 4.20. The third-order valence-corrected chi connectivity index (χ3v) is 1.85. The zero-order chi connectivity index (χ0) is 9.52. The molecule has 13 heavy (non-hydrogen) atoms. The fourth-order valence-corrected chi connectivity index (χ4v) is 1.06. The van der Waals surface area contributed by atoms with E-state index in [4.69, 9.17) is 16.3 Å². The smallest absolute Gasteiger partial charge is 0.208 e. The lowest BCUT2D eigenvalue weighted by molar-refractivity contribution is -0.111. The molecule has 0 saturated heterocycles. The number of halogens is 1. The van der Waals surface area contributed by atoms with Gasteiger partial charge in [-0.2, -0.15) is 0 Å². The van der Waals surface area contributed by atoms with Crippen molar-refractivity contribution in [2.75, 3.05) is 6.73 Å². The number of carbonyl (C=O) groups is 1. The normalized spacial score (nSPS) is 9.62. The van der Waals surface area contributed by atoms with Gasteiger partial charge in [-0.25, -0.2) is 0 Å². The fraction of sp³-hybridized carbons (Fsp3) is 0.222. The predicted octanol–water partition coefficient (Wildman–Crippen LogP) is 1.56. The second-order valence-corrected chi connectivity index (χ2v) is 2.81. The number of ether oxygens (including phenoxy) is 1. The van der Waals surface area contributed by atoms with Crippen LogP contribution in [0.15, 0.2) is 24.3 Å². The van der Waals surface area contributed by atoms with Crippen molar-refractivity contribution in [1.82, 2.24) is 5.32 Å². The zero-order valence-electron chi connectivity index (χ0n) is 7.00. The summed E-state index contributed by atoms with van der Waals surface area (Å²) in [4.78, 5) is 9.87. The van der Waals surface area contributed by atoms with Crippen LogP contribution >= 0.6 is 11.6 Å². The molecule has 0 saturated carbocycles. The molecule has 0 bridgehead atoms. The van der Waals surface area contributed by atoms with E-state index in [0.29, 0.717) is 18.0 Å². The lowest BCUT2D eigenvalue weighted by Crippen LogP contribution is -2.15. The van der Waals surface area contributed by atoms with Gasteiger partial charge in [-0.15, -0.1) is 0 Å². The topological polar surface area (TPSA) is 38.3 Å². The predicted molar refractivity (Wildman–Crippen MR) is 50.3 cm³/mol. The van der Waals surface area contributed by atoms with Gasteiger partial charge in [0, 0.05) is 5.02 Å². The van der Waals surface area contributed by atoms with Gasteiger partial charge in [-0.05, 0) is 11.6 Å².